The Kier molecular flexibility index (Phi) is 6.63. The average Bonchev–Trinajstić information content (AvgIpc) is 3.16. The third-order valence-corrected chi connectivity index (χ3v) is 4.47. The van der Waals surface area contributed by atoms with Gasteiger partial charge in [0.25, 0.3) is 11.6 Å². The molecule has 1 aromatic heterocycles. The maximum Gasteiger partial charge on any atom is 0.281 e. The molecule has 1 heterocycles. The number of hydrogen-bond donors (Lipinski definition) is 2. The molecular weight excluding hydrogens is 464 g/mol. The summed E-state index contributed by atoms with van der Waals surface area (Å²) in [6.45, 7) is 0.0213. The zero-order chi connectivity index (χ0) is 20.8. The maximum atomic E-state index is 11.8. The van der Waals surface area contributed by atoms with E-state index in [4.69, 9.17) is 16.0 Å². The van der Waals surface area contributed by atoms with E-state index in [0.717, 1.165) is 5.69 Å². The summed E-state index contributed by atoms with van der Waals surface area (Å²) in [4.78, 5) is 22.6. The Morgan fingerprint density at radius 3 is 2.69 bits per heavy atom. The lowest BCUT2D eigenvalue weighted by Crippen LogP contribution is -2.25. The van der Waals surface area contributed by atoms with Crippen LogP contribution in [0.4, 0.5) is 11.4 Å². The normalized spacial score (nSPS) is 10.8. The van der Waals surface area contributed by atoms with Gasteiger partial charge in [0.15, 0.2) is 0 Å². The minimum absolute atomic E-state index is 0.0213. The van der Waals surface area contributed by atoms with Gasteiger partial charge in [0, 0.05) is 21.2 Å². The molecule has 0 aliphatic heterocycles. The van der Waals surface area contributed by atoms with Crippen molar-refractivity contribution in [1.29, 1.82) is 0 Å². The molecule has 3 rings (SSSR count). The largest absolute Gasteiger partial charge is 0.455 e. The number of rotatable bonds is 7. The highest BCUT2D eigenvalue weighted by molar-refractivity contribution is 9.10. The van der Waals surface area contributed by atoms with Gasteiger partial charge in [0.1, 0.15) is 11.5 Å². The molecule has 0 aliphatic rings. The van der Waals surface area contributed by atoms with E-state index in [9.17, 15) is 14.9 Å². The first-order valence-corrected chi connectivity index (χ1v) is 9.45. The maximum absolute atomic E-state index is 11.8. The average molecular weight is 478 g/mol. The molecule has 29 heavy (non-hydrogen) atoms. The van der Waals surface area contributed by atoms with Gasteiger partial charge in [-0.1, -0.05) is 27.5 Å². The third-order valence-electron chi connectivity index (χ3n) is 3.73. The van der Waals surface area contributed by atoms with Crippen molar-refractivity contribution in [3.05, 3.63) is 80.0 Å². The Morgan fingerprint density at radius 1 is 1.21 bits per heavy atom. The number of halogens is 2. The summed E-state index contributed by atoms with van der Waals surface area (Å²) in [6.07, 6.45) is 1.31. The van der Waals surface area contributed by atoms with Gasteiger partial charge >= 0.3 is 0 Å². The second kappa shape index (κ2) is 9.35. The van der Waals surface area contributed by atoms with Crippen LogP contribution in [0.1, 0.15) is 5.76 Å². The first-order valence-electron chi connectivity index (χ1n) is 8.28. The van der Waals surface area contributed by atoms with Crippen LogP contribution in [0.15, 0.2) is 68.6 Å². The highest BCUT2D eigenvalue weighted by atomic mass is 79.9. The van der Waals surface area contributed by atoms with Crippen molar-refractivity contribution in [1.82, 2.24) is 5.43 Å². The number of nitro groups is 1. The summed E-state index contributed by atoms with van der Waals surface area (Å²) in [7, 11) is 0. The summed E-state index contributed by atoms with van der Waals surface area (Å²) < 4.78 is 6.17. The van der Waals surface area contributed by atoms with Crippen molar-refractivity contribution < 1.29 is 14.1 Å². The van der Waals surface area contributed by atoms with Crippen molar-refractivity contribution in [3.8, 4) is 11.3 Å². The van der Waals surface area contributed by atoms with Gasteiger partial charge < -0.3 is 9.73 Å². The Balaban J connectivity index is 1.59. The van der Waals surface area contributed by atoms with Gasteiger partial charge in [-0.3, -0.25) is 14.9 Å². The number of carbonyl (C=O) groups excluding carboxylic acids is 1. The van der Waals surface area contributed by atoms with Crippen LogP contribution in [-0.4, -0.2) is 23.6 Å². The molecule has 0 radical (unpaired) electrons. The van der Waals surface area contributed by atoms with Crippen LogP contribution in [0, 0.1) is 10.1 Å². The van der Waals surface area contributed by atoms with Crippen LogP contribution < -0.4 is 10.7 Å². The fourth-order valence-corrected chi connectivity index (χ4v) is 2.86. The Bertz CT molecular complexity index is 1070. The first-order chi connectivity index (χ1) is 13.9. The van der Waals surface area contributed by atoms with E-state index >= 15 is 0 Å². The van der Waals surface area contributed by atoms with Crippen LogP contribution >= 0.6 is 27.5 Å². The van der Waals surface area contributed by atoms with Crippen molar-refractivity contribution in [2.45, 2.75) is 0 Å². The molecule has 1 amide bonds. The fraction of sp³-hybridized carbons (Fsp3) is 0.0526. The monoisotopic (exact) mass is 476 g/mol. The Hall–Kier alpha value is -3.17. The van der Waals surface area contributed by atoms with Crippen LogP contribution in [0.25, 0.3) is 11.3 Å². The van der Waals surface area contributed by atoms with E-state index < -0.39 is 4.92 Å². The highest BCUT2D eigenvalue weighted by Crippen LogP contribution is 2.33. The number of anilines is 1. The first kappa shape index (κ1) is 20.6. The molecule has 10 heteroatoms. The number of furan rings is 1. The van der Waals surface area contributed by atoms with E-state index in [1.165, 1.54) is 12.3 Å². The number of benzene rings is 2. The summed E-state index contributed by atoms with van der Waals surface area (Å²) in [5.74, 6) is 0.302. The number of nitro benzene ring substituents is 1. The molecule has 8 nitrogen and oxygen atoms in total. The highest BCUT2D eigenvalue weighted by Gasteiger charge is 2.18. The lowest BCUT2D eigenvalue weighted by atomic mass is 10.1. The summed E-state index contributed by atoms with van der Waals surface area (Å²) >= 11 is 9.02. The standard InChI is InChI=1S/C19H14BrClN4O4/c20-12-1-7-16(17(9-12)25(27)28)18-8-6-15(29-18)10-23-24-19(26)11-22-14-4-2-13(21)3-5-14/h1-10,22H,11H2,(H,24,26)/b23-10-. The summed E-state index contributed by atoms with van der Waals surface area (Å²) in [6, 6.07) is 14.8. The molecule has 0 spiro atoms. The quantitative estimate of drug-likeness (QED) is 0.288. The SMILES string of the molecule is O=C(CNc1ccc(Cl)cc1)N/N=C\c1ccc(-c2ccc(Br)cc2[N+](=O)[O-])o1. The molecule has 148 valence electrons. The number of amides is 1. The van der Waals surface area contributed by atoms with Gasteiger partial charge in [-0.25, -0.2) is 5.43 Å². The summed E-state index contributed by atoms with van der Waals surface area (Å²) in [5.41, 5.74) is 3.37. The lowest BCUT2D eigenvalue weighted by molar-refractivity contribution is -0.384. The number of hydrazone groups is 1. The van der Waals surface area contributed by atoms with E-state index in [1.54, 1.807) is 48.5 Å². The van der Waals surface area contributed by atoms with Gasteiger partial charge in [-0.05, 0) is 48.5 Å². The third kappa shape index (κ3) is 5.66. The van der Waals surface area contributed by atoms with Crippen LogP contribution in [-0.2, 0) is 4.79 Å². The minimum atomic E-state index is -0.482. The van der Waals surface area contributed by atoms with Crippen molar-refractivity contribution in [2.75, 3.05) is 11.9 Å². The van der Waals surface area contributed by atoms with Gasteiger partial charge in [0.2, 0.25) is 0 Å². The van der Waals surface area contributed by atoms with Gasteiger partial charge in [-0.15, -0.1) is 0 Å². The van der Waals surface area contributed by atoms with Gasteiger partial charge in [0.05, 0.1) is 23.2 Å². The van der Waals surface area contributed by atoms with Crippen molar-refractivity contribution in [2.24, 2.45) is 5.10 Å². The van der Waals surface area contributed by atoms with Crippen LogP contribution in [0.5, 0.6) is 0 Å². The molecule has 0 saturated heterocycles. The van der Waals surface area contributed by atoms with Crippen molar-refractivity contribution in [3.63, 3.8) is 0 Å². The van der Waals surface area contributed by atoms with Crippen LogP contribution in [0.2, 0.25) is 5.02 Å². The molecule has 0 saturated carbocycles. The smallest absolute Gasteiger partial charge is 0.281 e. The molecule has 0 fully saturated rings. The number of hydrogen-bond acceptors (Lipinski definition) is 6. The topological polar surface area (TPSA) is 110 Å². The number of carbonyl (C=O) groups is 1. The van der Waals surface area contributed by atoms with Crippen LogP contribution in [0.3, 0.4) is 0 Å². The zero-order valence-electron chi connectivity index (χ0n) is 14.8. The second-order valence-corrected chi connectivity index (χ2v) is 7.13. The number of nitrogens with zero attached hydrogens (tertiary/aromatic N) is 2. The molecule has 0 aliphatic carbocycles. The molecular formula is C19H14BrClN4O4. The Morgan fingerprint density at radius 2 is 1.97 bits per heavy atom. The Labute approximate surface area is 178 Å². The molecule has 0 bridgehead atoms. The van der Waals surface area contributed by atoms with Gasteiger partial charge in [-0.2, -0.15) is 5.10 Å². The van der Waals surface area contributed by atoms with Crippen molar-refractivity contribution >= 4 is 51.0 Å². The summed E-state index contributed by atoms with van der Waals surface area (Å²) in [5, 5.41) is 18.6. The van der Waals surface area contributed by atoms with E-state index in [-0.39, 0.29) is 18.1 Å². The lowest BCUT2D eigenvalue weighted by Gasteiger charge is -2.04. The predicted octanol–water partition coefficient (Wildman–Crippen LogP) is 4.83. The second-order valence-electron chi connectivity index (χ2n) is 5.77. The zero-order valence-corrected chi connectivity index (χ0v) is 17.1. The predicted molar refractivity (Wildman–Crippen MR) is 114 cm³/mol. The van der Waals surface area contributed by atoms with E-state index in [2.05, 4.69) is 31.8 Å². The molecule has 2 aromatic carbocycles. The minimum Gasteiger partial charge on any atom is -0.455 e. The molecule has 0 unspecified atom stereocenters. The molecule has 3 aromatic rings. The number of nitrogens with one attached hydrogen (secondary N) is 2. The van der Waals surface area contributed by atoms with E-state index in [0.29, 0.717) is 26.6 Å². The van der Waals surface area contributed by atoms with E-state index in [1.807, 2.05) is 0 Å². The fourth-order valence-electron chi connectivity index (χ4n) is 2.39. The molecule has 0 atom stereocenters. The molecule has 2 N–H and O–H groups in total.